The first-order valence-electron chi connectivity index (χ1n) is 8.46. The highest BCUT2D eigenvalue weighted by atomic mass is 32.2. The number of aromatic nitrogens is 1. The summed E-state index contributed by atoms with van der Waals surface area (Å²) < 4.78 is 45.8. The molecule has 28 heavy (non-hydrogen) atoms. The van der Waals surface area contributed by atoms with Crippen LogP contribution in [-0.4, -0.2) is 48.6 Å². The fraction of sp³-hybridized carbons (Fsp3) is 0.333. The molecule has 1 aromatic heterocycles. The molecule has 1 amide bonds. The number of carbonyl (C=O) groups excluding carboxylic acids is 1. The molecule has 8 nitrogen and oxygen atoms in total. The lowest BCUT2D eigenvalue weighted by molar-refractivity contribution is -0.130. The molecular weight excluding hydrogens is 389 g/mol. The minimum atomic E-state index is -4.08. The molecule has 1 heterocycles. The Morgan fingerprint density at radius 2 is 2.04 bits per heavy atom. The lowest BCUT2D eigenvalue weighted by atomic mass is 10.1. The van der Waals surface area contributed by atoms with Crippen LogP contribution in [0, 0.1) is 0 Å². The monoisotopic (exact) mass is 411 g/mol. The highest BCUT2D eigenvalue weighted by Gasteiger charge is 2.33. The molecule has 0 aliphatic rings. The van der Waals surface area contributed by atoms with Crippen molar-refractivity contribution in [2.45, 2.75) is 30.3 Å². The van der Waals surface area contributed by atoms with Crippen molar-refractivity contribution in [3.8, 4) is 5.75 Å². The summed E-state index contributed by atoms with van der Waals surface area (Å²) in [5, 5.41) is 8.82. The van der Waals surface area contributed by atoms with E-state index in [9.17, 15) is 17.6 Å². The van der Waals surface area contributed by atoms with E-state index in [0.717, 1.165) is 4.31 Å². The maximum absolute atomic E-state index is 13.3. The predicted molar refractivity (Wildman–Crippen MR) is 98.9 cm³/mol. The molecule has 0 aliphatic heterocycles. The van der Waals surface area contributed by atoms with E-state index in [2.05, 4.69) is 4.98 Å². The molecule has 1 unspecified atom stereocenters. The van der Waals surface area contributed by atoms with E-state index in [1.807, 2.05) is 0 Å². The second kappa shape index (κ2) is 10.1. The fourth-order valence-corrected chi connectivity index (χ4v) is 4.34. The molecule has 10 heteroatoms. The van der Waals surface area contributed by atoms with Crippen molar-refractivity contribution < 1.29 is 27.5 Å². The molecule has 0 radical (unpaired) electrons. The van der Waals surface area contributed by atoms with Crippen molar-refractivity contribution in [1.29, 1.82) is 0 Å². The molecule has 0 bridgehead atoms. The SMILES string of the molecule is COc1ccc(S(=O)(=O)N(Cc2cccnc2)C(CCF)CC(=O)NO)cc1. The highest BCUT2D eigenvalue weighted by molar-refractivity contribution is 7.89. The number of methoxy groups -OCH3 is 1. The van der Waals surface area contributed by atoms with Crippen LogP contribution in [0.5, 0.6) is 5.75 Å². The Kier molecular flexibility index (Phi) is 7.85. The number of pyridine rings is 1. The lowest BCUT2D eigenvalue weighted by Gasteiger charge is -2.30. The standard InChI is InChI=1S/C18H22FN3O5S/c1-27-16-4-6-17(7-5-16)28(25,26)22(13-14-3-2-10-20-12-14)15(8-9-19)11-18(23)21-24/h2-7,10,12,15,24H,8-9,11,13H2,1H3,(H,21,23). The van der Waals surface area contributed by atoms with Crippen molar-refractivity contribution in [2.75, 3.05) is 13.8 Å². The van der Waals surface area contributed by atoms with Crippen molar-refractivity contribution in [1.82, 2.24) is 14.8 Å². The van der Waals surface area contributed by atoms with E-state index < -0.39 is 35.1 Å². The Hall–Kier alpha value is -2.56. The van der Waals surface area contributed by atoms with Gasteiger partial charge in [-0.3, -0.25) is 19.4 Å². The number of hydrogen-bond donors (Lipinski definition) is 2. The Labute approximate surface area is 163 Å². The van der Waals surface area contributed by atoms with E-state index in [1.54, 1.807) is 18.3 Å². The number of ether oxygens (including phenoxy) is 1. The predicted octanol–water partition coefficient (Wildman–Crippen LogP) is 1.90. The number of rotatable bonds is 10. The average molecular weight is 411 g/mol. The average Bonchev–Trinajstić information content (AvgIpc) is 2.72. The third kappa shape index (κ3) is 5.47. The van der Waals surface area contributed by atoms with Crippen LogP contribution < -0.4 is 10.2 Å². The summed E-state index contributed by atoms with van der Waals surface area (Å²) in [5.74, 6) is -0.322. The van der Waals surface area contributed by atoms with E-state index in [0.29, 0.717) is 11.3 Å². The minimum Gasteiger partial charge on any atom is -0.497 e. The molecule has 0 saturated carbocycles. The maximum Gasteiger partial charge on any atom is 0.244 e. The first kappa shape index (κ1) is 21.7. The van der Waals surface area contributed by atoms with Gasteiger partial charge < -0.3 is 4.74 Å². The number of carbonyl (C=O) groups is 1. The summed E-state index contributed by atoms with van der Waals surface area (Å²) in [7, 11) is -2.62. The van der Waals surface area contributed by atoms with Gasteiger partial charge in [-0.1, -0.05) is 6.07 Å². The van der Waals surface area contributed by atoms with E-state index in [-0.39, 0.29) is 17.9 Å². The Balaban J connectivity index is 2.45. The topological polar surface area (TPSA) is 109 Å². The smallest absolute Gasteiger partial charge is 0.244 e. The zero-order valence-corrected chi connectivity index (χ0v) is 16.1. The second-order valence-corrected chi connectivity index (χ2v) is 7.85. The summed E-state index contributed by atoms with van der Waals surface area (Å²) in [5.41, 5.74) is 2.04. The molecule has 0 aliphatic carbocycles. The van der Waals surface area contributed by atoms with Crippen molar-refractivity contribution in [3.05, 3.63) is 54.4 Å². The number of amides is 1. The van der Waals surface area contributed by atoms with Crippen molar-refractivity contribution in [3.63, 3.8) is 0 Å². The number of hydrogen-bond acceptors (Lipinski definition) is 6. The number of nitrogens with one attached hydrogen (secondary N) is 1. The van der Waals surface area contributed by atoms with Gasteiger partial charge in [-0.05, 0) is 42.3 Å². The van der Waals surface area contributed by atoms with Gasteiger partial charge in [0.1, 0.15) is 5.75 Å². The lowest BCUT2D eigenvalue weighted by Crippen LogP contribution is -2.42. The normalized spacial score (nSPS) is 12.6. The van der Waals surface area contributed by atoms with Crippen molar-refractivity contribution >= 4 is 15.9 Å². The molecule has 0 spiro atoms. The van der Waals surface area contributed by atoms with Gasteiger partial charge in [0.25, 0.3) is 0 Å². The molecule has 1 atom stereocenters. The number of benzene rings is 1. The summed E-state index contributed by atoms with van der Waals surface area (Å²) in [6, 6.07) is 8.09. The zero-order valence-electron chi connectivity index (χ0n) is 15.3. The third-order valence-corrected chi connectivity index (χ3v) is 6.04. The van der Waals surface area contributed by atoms with Crippen LogP contribution in [0.1, 0.15) is 18.4 Å². The van der Waals surface area contributed by atoms with Crippen molar-refractivity contribution in [2.24, 2.45) is 0 Å². The number of hydroxylamine groups is 1. The minimum absolute atomic E-state index is 0.0227. The van der Waals surface area contributed by atoms with Gasteiger partial charge in [-0.2, -0.15) is 4.31 Å². The maximum atomic E-state index is 13.3. The Morgan fingerprint density at radius 1 is 1.32 bits per heavy atom. The molecule has 0 fully saturated rings. The van der Waals surface area contributed by atoms with Gasteiger partial charge in [-0.25, -0.2) is 13.9 Å². The van der Waals surface area contributed by atoms with Gasteiger partial charge >= 0.3 is 0 Å². The number of sulfonamides is 1. The van der Waals surface area contributed by atoms with Gasteiger partial charge in [0.2, 0.25) is 15.9 Å². The molecular formula is C18H22FN3O5S. The second-order valence-electron chi connectivity index (χ2n) is 5.96. The van der Waals surface area contributed by atoms with Gasteiger partial charge in [0, 0.05) is 31.4 Å². The summed E-state index contributed by atoms with van der Waals surface area (Å²) in [6.07, 6.45) is 2.44. The molecule has 1 aromatic carbocycles. The van der Waals surface area contributed by atoms with Gasteiger partial charge in [-0.15, -0.1) is 0 Å². The van der Waals surface area contributed by atoms with E-state index in [4.69, 9.17) is 9.94 Å². The third-order valence-electron chi connectivity index (χ3n) is 4.12. The molecule has 2 rings (SSSR count). The number of nitrogens with zero attached hydrogens (tertiary/aromatic N) is 2. The largest absolute Gasteiger partial charge is 0.497 e. The van der Waals surface area contributed by atoms with Gasteiger partial charge in [0.05, 0.1) is 18.7 Å². The van der Waals surface area contributed by atoms with Crippen LogP contribution in [-0.2, 0) is 21.4 Å². The molecule has 2 N–H and O–H groups in total. The summed E-state index contributed by atoms with van der Waals surface area (Å²) >= 11 is 0. The summed E-state index contributed by atoms with van der Waals surface area (Å²) in [4.78, 5) is 15.6. The van der Waals surface area contributed by atoms with Crippen LogP contribution in [0.3, 0.4) is 0 Å². The Bertz CT molecular complexity index is 863. The number of halogens is 1. The van der Waals surface area contributed by atoms with Crippen LogP contribution >= 0.6 is 0 Å². The van der Waals surface area contributed by atoms with Crippen LogP contribution in [0.15, 0.2) is 53.7 Å². The first-order valence-corrected chi connectivity index (χ1v) is 9.90. The van der Waals surface area contributed by atoms with Crippen LogP contribution in [0.4, 0.5) is 4.39 Å². The number of alkyl halides is 1. The zero-order chi connectivity index (χ0) is 20.6. The fourth-order valence-electron chi connectivity index (χ4n) is 2.70. The van der Waals surface area contributed by atoms with E-state index in [1.165, 1.54) is 43.1 Å². The quantitative estimate of drug-likeness (QED) is 0.457. The summed E-state index contributed by atoms with van der Waals surface area (Å²) in [6.45, 7) is -0.934. The Morgan fingerprint density at radius 3 is 2.57 bits per heavy atom. The molecule has 152 valence electrons. The molecule has 2 aromatic rings. The van der Waals surface area contributed by atoms with E-state index >= 15 is 0 Å². The highest BCUT2D eigenvalue weighted by Crippen LogP contribution is 2.25. The first-order chi connectivity index (χ1) is 13.4. The van der Waals surface area contributed by atoms with Crippen LogP contribution in [0.2, 0.25) is 0 Å². The van der Waals surface area contributed by atoms with Gasteiger partial charge in [0.15, 0.2) is 0 Å². The van der Waals surface area contributed by atoms with Crippen LogP contribution in [0.25, 0.3) is 0 Å². The molecule has 0 saturated heterocycles.